The van der Waals surface area contributed by atoms with Gasteiger partial charge in [-0.25, -0.2) is 0 Å². The molecule has 1 aliphatic carbocycles. The van der Waals surface area contributed by atoms with E-state index in [1.165, 1.54) is 17.5 Å². The van der Waals surface area contributed by atoms with E-state index in [1.54, 1.807) is 6.33 Å². The van der Waals surface area contributed by atoms with Crippen LogP contribution in [-0.2, 0) is 20.1 Å². The quantitative estimate of drug-likeness (QED) is 0.904. The highest BCUT2D eigenvalue weighted by molar-refractivity contribution is 5.40. The summed E-state index contributed by atoms with van der Waals surface area (Å²) >= 11 is 0. The third kappa shape index (κ3) is 2.54. The summed E-state index contributed by atoms with van der Waals surface area (Å²) in [5.41, 5.74) is 2.81. The molecule has 3 rings (SSSR count). The van der Waals surface area contributed by atoms with Crippen LogP contribution in [0.15, 0.2) is 24.5 Å². The second-order valence-corrected chi connectivity index (χ2v) is 5.16. The molecule has 1 heterocycles. The van der Waals surface area contributed by atoms with Gasteiger partial charge in [0.2, 0.25) is 0 Å². The highest BCUT2D eigenvalue weighted by Gasteiger charge is 2.21. The maximum atomic E-state index is 5.81. The average molecular weight is 272 g/mol. The van der Waals surface area contributed by atoms with Crippen molar-refractivity contribution >= 4 is 0 Å². The number of aryl methyl sites for hydroxylation is 2. The largest absolute Gasteiger partial charge is 0.486 e. The molecule has 1 unspecified atom stereocenters. The molecular weight excluding hydrogens is 252 g/mol. The van der Waals surface area contributed by atoms with Crippen molar-refractivity contribution in [1.82, 2.24) is 20.1 Å². The van der Waals surface area contributed by atoms with Crippen LogP contribution in [0.25, 0.3) is 0 Å². The molecule has 20 heavy (non-hydrogen) atoms. The van der Waals surface area contributed by atoms with Crippen molar-refractivity contribution in [1.29, 1.82) is 0 Å². The normalized spacial score (nSPS) is 17.2. The van der Waals surface area contributed by atoms with Gasteiger partial charge >= 0.3 is 0 Å². The summed E-state index contributed by atoms with van der Waals surface area (Å²) in [4.78, 5) is 0. The van der Waals surface area contributed by atoms with Crippen LogP contribution in [0.3, 0.4) is 0 Å². The zero-order chi connectivity index (χ0) is 13.9. The topological polar surface area (TPSA) is 52.0 Å². The number of hydrogen-bond donors (Lipinski definition) is 1. The van der Waals surface area contributed by atoms with E-state index in [-0.39, 0.29) is 0 Å². The second kappa shape index (κ2) is 5.63. The van der Waals surface area contributed by atoms with Crippen molar-refractivity contribution in [3.8, 4) is 5.75 Å². The predicted octanol–water partition coefficient (Wildman–Crippen LogP) is 1.99. The molecule has 0 amide bonds. The van der Waals surface area contributed by atoms with Crippen molar-refractivity contribution in [3.05, 3.63) is 41.5 Å². The number of benzene rings is 1. The Morgan fingerprint density at radius 1 is 1.45 bits per heavy atom. The molecule has 0 aliphatic heterocycles. The highest BCUT2D eigenvalue weighted by Crippen LogP contribution is 2.33. The first-order valence-electron chi connectivity index (χ1n) is 7.10. The van der Waals surface area contributed by atoms with Crippen molar-refractivity contribution < 1.29 is 4.74 Å². The number of aromatic nitrogens is 3. The molecule has 0 bridgehead atoms. The van der Waals surface area contributed by atoms with E-state index in [2.05, 4.69) is 34.6 Å². The minimum absolute atomic E-state index is 0.450. The summed E-state index contributed by atoms with van der Waals surface area (Å²) in [5.74, 6) is 1.74. The van der Waals surface area contributed by atoms with E-state index < -0.39 is 0 Å². The van der Waals surface area contributed by atoms with Crippen LogP contribution < -0.4 is 10.1 Å². The molecule has 5 heteroatoms. The molecule has 1 N–H and O–H groups in total. The smallest absolute Gasteiger partial charge is 0.170 e. The van der Waals surface area contributed by atoms with Gasteiger partial charge in [0.05, 0.1) is 0 Å². The first kappa shape index (κ1) is 13.1. The predicted molar refractivity (Wildman–Crippen MR) is 76.5 cm³/mol. The van der Waals surface area contributed by atoms with E-state index in [1.807, 2.05) is 17.7 Å². The molecule has 5 nitrogen and oxygen atoms in total. The Balaban J connectivity index is 1.69. The van der Waals surface area contributed by atoms with Crippen LogP contribution in [0.2, 0.25) is 0 Å². The highest BCUT2D eigenvalue weighted by atomic mass is 16.5. The zero-order valence-corrected chi connectivity index (χ0v) is 12.0. The number of rotatable bonds is 5. The van der Waals surface area contributed by atoms with E-state index in [9.17, 15) is 0 Å². The molecule has 1 aromatic heterocycles. The standard InChI is InChI=1S/C15H20N4O/c1-3-16-14-7-4-11-8-12(5-6-13(11)14)20-9-15-18-17-10-19(15)2/h5-6,8,10,14,16H,3-4,7,9H2,1-2H3. The maximum absolute atomic E-state index is 5.81. The number of hydrogen-bond acceptors (Lipinski definition) is 4. The minimum Gasteiger partial charge on any atom is -0.486 e. The Kier molecular flexibility index (Phi) is 3.69. The lowest BCUT2D eigenvalue weighted by Gasteiger charge is -2.13. The summed E-state index contributed by atoms with van der Waals surface area (Å²) in [7, 11) is 1.92. The SMILES string of the molecule is CCNC1CCc2cc(OCc3nncn3C)ccc21. The van der Waals surface area contributed by atoms with Crippen LogP contribution in [-0.4, -0.2) is 21.3 Å². The molecule has 0 saturated heterocycles. The van der Waals surface area contributed by atoms with E-state index in [0.717, 1.165) is 24.5 Å². The number of nitrogens with zero attached hydrogens (tertiary/aromatic N) is 3. The van der Waals surface area contributed by atoms with Gasteiger partial charge < -0.3 is 14.6 Å². The van der Waals surface area contributed by atoms with Gasteiger partial charge in [0.1, 0.15) is 18.7 Å². The minimum atomic E-state index is 0.450. The van der Waals surface area contributed by atoms with E-state index in [0.29, 0.717) is 12.6 Å². The Labute approximate surface area is 119 Å². The van der Waals surface area contributed by atoms with Gasteiger partial charge in [0.25, 0.3) is 0 Å². The summed E-state index contributed by atoms with van der Waals surface area (Å²) in [6.07, 6.45) is 3.98. The van der Waals surface area contributed by atoms with E-state index >= 15 is 0 Å². The number of ether oxygens (including phenoxy) is 1. The summed E-state index contributed by atoms with van der Waals surface area (Å²) in [6, 6.07) is 6.89. The van der Waals surface area contributed by atoms with Gasteiger partial charge in [-0.3, -0.25) is 0 Å². The van der Waals surface area contributed by atoms with Crippen LogP contribution in [0.1, 0.15) is 36.3 Å². The summed E-state index contributed by atoms with van der Waals surface area (Å²) in [6.45, 7) is 3.61. The van der Waals surface area contributed by atoms with Crippen molar-refractivity contribution in [2.75, 3.05) is 6.54 Å². The molecule has 2 aromatic rings. The fourth-order valence-electron chi connectivity index (χ4n) is 2.73. The molecule has 0 spiro atoms. The summed E-state index contributed by atoms with van der Waals surface area (Å²) < 4.78 is 7.68. The van der Waals surface area contributed by atoms with Crippen LogP contribution in [0.4, 0.5) is 0 Å². The third-order valence-electron chi connectivity index (χ3n) is 3.82. The van der Waals surface area contributed by atoms with Gasteiger partial charge in [0, 0.05) is 13.1 Å². The van der Waals surface area contributed by atoms with Gasteiger partial charge in [0.15, 0.2) is 5.82 Å². The Hall–Kier alpha value is -1.88. The van der Waals surface area contributed by atoms with Crippen molar-refractivity contribution in [2.24, 2.45) is 7.05 Å². The molecule has 0 radical (unpaired) electrons. The number of nitrogens with one attached hydrogen (secondary N) is 1. The first-order chi connectivity index (χ1) is 9.78. The fourth-order valence-corrected chi connectivity index (χ4v) is 2.73. The molecule has 1 atom stereocenters. The third-order valence-corrected chi connectivity index (χ3v) is 3.82. The van der Waals surface area contributed by atoms with Gasteiger partial charge in [-0.15, -0.1) is 10.2 Å². The molecular formula is C15H20N4O. The average Bonchev–Trinajstić information content (AvgIpc) is 3.04. The second-order valence-electron chi connectivity index (χ2n) is 5.16. The lowest BCUT2D eigenvalue weighted by Crippen LogP contribution is -2.18. The van der Waals surface area contributed by atoms with Gasteiger partial charge in [-0.05, 0) is 42.6 Å². The lowest BCUT2D eigenvalue weighted by molar-refractivity contribution is 0.291. The van der Waals surface area contributed by atoms with Gasteiger partial charge in [-0.1, -0.05) is 13.0 Å². The monoisotopic (exact) mass is 272 g/mol. The maximum Gasteiger partial charge on any atom is 0.170 e. The molecule has 0 fully saturated rings. The lowest BCUT2D eigenvalue weighted by atomic mass is 10.1. The zero-order valence-electron chi connectivity index (χ0n) is 12.0. The van der Waals surface area contributed by atoms with Crippen molar-refractivity contribution in [3.63, 3.8) is 0 Å². The van der Waals surface area contributed by atoms with Crippen LogP contribution in [0, 0.1) is 0 Å². The van der Waals surface area contributed by atoms with Crippen LogP contribution in [0.5, 0.6) is 5.75 Å². The van der Waals surface area contributed by atoms with Crippen LogP contribution >= 0.6 is 0 Å². The Morgan fingerprint density at radius 2 is 2.35 bits per heavy atom. The Morgan fingerprint density at radius 3 is 3.10 bits per heavy atom. The molecule has 1 aromatic carbocycles. The summed E-state index contributed by atoms with van der Waals surface area (Å²) in [5, 5.41) is 11.4. The first-order valence-corrected chi connectivity index (χ1v) is 7.10. The fraction of sp³-hybridized carbons (Fsp3) is 0.467. The van der Waals surface area contributed by atoms with Gasteiger partial charge in [-0.2, -0.15) is 0 Å². The molecule has 106 valence electrons. The molecule has 1 aliphatic rings. The Bertz CT molecular complexity index is 593. The number of fused-ring (bicyclic) bond motifs is 1. The van der Waals surface area contributed by atoms with Crippen molar-refractivity contribution in [2.45, 2.75) is 32.4 Å². The van der Waals surface area contributed by atoms with E-state index in [4.69, 9.17) is 4.74 Å². The molecule has 0 saturated carbocycles.